The molecule has 0 spiro atoms. The standard InChI is InChI=1S/C20H21N3O2/c24-20(19-17-7-3-4-8-18(17)22-23-19)21-13-14-9-11-16(12-10-14)25-15-5-1-2-6-15/h3-4,7-12,15H,1-2,5-6,13H2,(H,21,24)(H,22,23). The average molecular weight is 335 g/mol. The Kier molecular flexibility index (Phi) is 4.37. The Labute approximate surface area is 146 Å². The van der Waals surface area contributed by atoms with Crippen LogP contribution >= 0.6 is 0 Å². The molecule has 128 valence electrons. The molecular formula is C20H21N3O2. The van der Waals surface area contributed by atoms with Gasteiger partial charge in [-0.25, -0.2) is 0 Å². The highest BCUT2D eigenvalue weighted by Crippen LogP contribution is 2.24. The van der Waals surface area contributed by atoms with Crippen molar-refractivity contribution in [2.24, 2.45) is 0 Å². The zero-order chi connectivity index (χ0) is 17.1. The molecule has 5 nitrogen and oxygen atoms in total. The number of hydrogen-bond acceptors (Lipinski definition) is 3. The summed E-state index contributed by atoms with van der Waals surface area (Å²) in [6, 6.07) is 15.5. The number of aromatic amines is 1. The number of para-hydroxylation sites is 1. The largest absolute Gasteiger partial charge is 0.490 e. The van der Waals surface area contributed by atoms with Gasteiger partial charge in [0.25, 0.3) is 5.91 Å². The third-order valence-electron chi connectivity index (χ3n) is 4.67. The molecule has 1 saturated carbocycles. The smallest absolute Gasteiger partial charge is 0.272 e. The minimum atomic E-state index is -0.177. The number of benzene rings is 2. The van der Waals surface area contributed by atoms with Crippen LogP contribution in [0.2, 0.25) is 0 Å². The van der Waals surface area contributed by atoms with Gasteiger partial charge in [-0.05, 0) is 49.4 Å². The number of fused-ring (bicyclic) bond motifs is 1. The summed E-state index contributed by atoms with van der Waals surface area (Å²) in [7, 11) is 0. The van der Waals surface area contributed by atoms with E-state index in [1.165, 1.54) is 12.8 Å². The summed E-state index contributed by atoms with van der Waals surface area (Å²) in [5.74, 6) is 0.726. The summed E-state index contributed by atoms with van der Waals surface area (Å²) in [4.78, 5) is 12.4. The summed E-state index contributed by atoms with van der Waals surface area (Å²) < 4.78 is 5.96. The summed E-state index contributed by atoms with van der Waals surface area (Å²) in [5, 5.41) is 10.8. The molecule has 3 aromatic rings. The van der Waals surface area contributed by atoms with Crippen LogP contribution in [0, 0.1) is 0 Å². The van der Waals surface area contributed by atoms with Gasteiger partial charge in [0.1, 0.15) is 5.75 Å². The molecule has 1 aliphatic carbocycles. The molecule has 1 fully saturated rings. The van der Waals surface area contributed by atoms with E-state index >= 15 is 0 Å². The van der Waals surface area contributed by atoms with Crippen LogP contribution in [0.4, 0.5) is 0 Å². The lowest BCUT2D eigenvalue weighted by molar-refractivity contribution is 0.0947. The van der Waals surface area contributed by atoms with Gasteiger partial charge in [0.2, 0.25) is 0 Å². The third kappa shape index (κ3) is 3.50. The van der Waals surface area contributed by atoms with Gasteiger partial charge in [0.15, 0.2) is 5.69 Å². The second kappa shape index (κ2) is 6.97. The lowest BCUT2D eigenvalue weighted by Gasteiger charge is -2.13. The van der Waals surface area contributed by atoms with Crippen LogP contribution in [0.25, 0.3) is 10.9 Å². The fraction of sp³-hybridized carbons (Fsp3) is 0.300. The van der Waals surface area contributed by atoms with E-state index in [0.717, 1.165) is 35.1 Å². The van der Waals surface area contributed by atoms with E-state index in [2.05, 4.69) is 15.5 Å². The van der Waals surface area contributed by atoms with Crippen LogP contribution in [0.15, 0.2) is 48.5 Å². The normalized spacial score (nSPS) is 14.7. The molecule has 5 heteroatoms. The Morgan fingerprint density at radius 1 is 1.12 bits per heavy atom. The molecule has 2 N–H and O–H groups in total. The molecule has 1 aliphatic rings. The van der Waals surface area contributed by atoms with Crippen molar-refractivity contribution in [1.29, 1.82) is 0 Å². The molecule has 25 heavy (non-hydrogen) atoms. The summed E-state index contributed by atoms with van der Waals surface area (Å²) in [6.07, 6.45) is 5.18. The SMILES string of the molecule is O=C(NCc1ccc(OC2CCCC2)cc1)c1n[nH]c2ccccc12. The minimum Gasteiger partial charge on any atom is -0.490 e. The summed E-state index contributed by atoms with van der Waals surface area (Å²) in [5.41, 5.74) is 2.32. The van der Waals surface area contributed by atoms with E-state index in [0.29, 0.717) is 18.3 Å². The number of hydrogen-bond donors (Lipinski definition) is 2. The molecule has 0 radical (unpaired) electrons. The average Bonchev–Trinajstić information content (AvgIpc) is 3.30. The van der Waals surface area contributed by atoms with Crippen molar-refractivity contribution >= 4 is 16.8 Å². The first-order valence-electron chi connectivity index (χ1n) is 8.76. The van der Waals surface area contributed by atoms with Crippen LogP contribution < -0.4 is 10.1 Å². The number of aromatic nitrogens is 2. The van der Waals surface area contributed by atoms with E-state index in [1.54, 1.807) is 0 Å². The van der Waals surface area contributed by atoms with Crippen molar-refractivity contribution in [2.45, 2.75) is 38.3 Å². The molecule has 1 aromatic heterocycles. The molecule has 2 aromatic carbocycles. The summed E-state index contributed by atoms with van der Waals surface area (Å²) >= 11 is 0. The molecule has 0 atom stereocenters. The van der Waals surface area contributed by atoms with Crippen LogP contribution in [-0.4, -0.2) is 22.2 Å². The number of H-pyrrole nitrogens is 1. The first-order chi connectivity index (χ1) is 12.3. The van der Waals surface area contributed by atoms with Gasteiger partial charge < -0.3 is 10.1 Å². The van der Waals surface area contributed by atoms with Crippen molar-refractivity contribution < 1.29 is 9.53 Å². The maximum absolute atomic E-state index is 12.4. The molecule has 0 saturated heterocycles. The highest BCUT2D eigenvalue weighted by atomic mass is 16.5. The van der Waals surface area contributed by atoms with Gasteiger partial charge >= 0.3 is 0 Å². The number of rotatable bonds is 5. The van der Waals surface area contributed by atoms with E-state index in [9.17, 15) is 4.79 Å². The molecule has 4 rings (SSSR count). The number of carbonyl (C=O) groups is 1. The first-order valence-corrected chi connectivity index (χ1v) is 8.76. The maximum atomic E-state index is 12.4. The zero-order valence-corrected chi connectivity index (χ0v) is 14.0. The molecule has 0 aliphatic heterocycles. The number of nitrogens with one attached hydrogen (secondary N) is 2. The predicted molar refractivity (Wildman–Crippen MR) is 96.6 cm³/mol. The monoisotopic (exact) mass is 335 g/mol. The van der Waals surface area contributed by atoms with Crippen molar-refractivity contribution in [2.75, 3.05) is 0 Å². The van der Waals surface area contributed by atoms with E-state index < -0.39 is 0 Å². The van der Waals surface area contributed by atoms with Gasteiger partial charge in [-0.1, -0.05) is 30.3 Å². The van der Waals surface area contributed by atoms with E-state index in [4.69, 9.17) is 4.74 Å². The third-order valence-corrected chi connectivity index (χ3v) is 4.67. The van der Waals surface area contributed by atoms with Crippen molar-refractivity contribution in [3.8, 4) is 5.75 Å². The topological polar surface area (TPSA) is 67.0 Å². The Morgan fingerprint density at radius 2 is 1.88 bits per heavy atom. The van der Waals surface area contributed by atoms with Crippen LogP contribution in [-0.2, 0) is 6.54 Å². The van der Waals surface area contributed by atoms with Crippen molar-refractivity contribution in [3.05, 3.63) is 59.8 Å². The fourth-order valence-electron chi connectivity index (χ4n) is 3.29. The quantitative estimate of drug-likeness (QED) is 0.745. The Hall–Kier alpha value is -2.82. The highest BCUT2D eigenvalue weighted by Gasteiger charge is 2.16. The molecule has 0 bridgehead atoms. The van der Waals surface area contributed by atoms with Crippen molar-refractivity contribution in [3.63, 3.8) is 0 Å². The number of carbonyl (C=O) groups excluding carboxylic acids is 1. The Morgan fingerprint density at radius 3 is 2.68 bits per heavy atom. The Balaban J connectivity index is 1.36. The highest BCUT2D eigenvalue weighted by molar-refractivity contribution is 6.04. The predicted octanol–water partition coefficient (Wildman–Crippen LogP) is 3.81. The lowest BCUT2D eigenvalue weighted by atomic mass is 10.2. The van der Waals surface area contributed by atoms with Crippen molar-refractivity contribution in [1.82, 2.24) is 15.5 Å². The first kappa shape index (κ1) is 15.7. The molecule has 1 amide bonds. The van der Waals surface area contributed by atoms with Gasteiger partial charge in [0.05, 0.1) is 11.6 Å². The number of nitrogens with zero attached hydrogens (tertiary/aromatic N) is 1. The zero-order valence-electron chi connectivity index (χ0n) is 14.0. The van der Waals surface area contributed by atoms with Gasteiger partial charge in [0, 0.05) is 11.9 Å². The minimum absolute atomic E-state index is 0.177. The van der Waals surface area contributed by atoms with Crippen LogP contribution in [0.3, 0.4) is 0 Å². The fourth-order valence-corrected chi connectivity index (χ4v) is 3.29. The maximum Gasteiger partial charge on any atom is 0.272 e. The second-order valence-electron chi connectivity index (χ2n) is 6.47. The molecular weight excluding hydrogens is 314 g/mol. The Bertz CT molecular complexity index is 864. The van der Waals surface area contributed by atoms with Gasteiger partial charge in [-0.3, -0.25) is 9.89 Å². The second-order valence-corrected chi connectivity index (χ2v) is 6.47. The summed E-state index contributed by atoms with van der Waals surface area (Å²) in [6.45, 7) is 0.462. The van der Waals surface area contributed by atoms with Crippen LogP contribution in [0.5, 0.6) is 5.75 Å². The van der Waals surface area contributed by atoms with Gasteiger partial charge in [-0.15, -0.1) is 0 Å². The molecule has 0 unspecified atom stereocenters. The van der Waals surface area contributed by atoms with E-state index in [1.807, 2.05) is 48.5 Å². The number of ether oxygens (including phenoxy) is 1. The van der Waals surface area contributed by atoms with Gasteiger partial charge in [-0.2, -0.15) is 5.10 Å². The van der Waals surface area contributed by atoms with E-state index in [-0.39, 0.29) is 5.91 Å². The number of amides is 1. The van der Waals surface area contributed by atoms with Crippen LogP contribution in [0.1, 0.15) is 41.7 Å². The molecule has 1 heterocycles. The lowest BCUT2D eigenvalue weighted by Crippen LogP contribution is -2.23.